The van der Waals surface area contributed by atoms with Gasteiger partial charge in [-0.2, -0.15) is 0 Å². The van der Waals surface area contributed by atoms with Crippen LogP contribution < -0.4 is 14.4 Å². The number of nitro benzene ring substituents is 1. The number of benzene rings is 3. The molecule has 0 saturated carbocycles. The van der Waals surface area contributed by atoms with E-state index >= 15 is 0 Å². The lowest BCUT2D eigenvalue weighted by Crippen LogP contribution is -2.53. The second-order valence-corrected chi connectivity index (χ2v) is 12.4. The van der Waals surface area contributed by atoms with Gasteiger partial charge in [-0.3, -0.25) is 24.0 Å². The summed E-state index contributed by atoms with van der Waals surface area (Å²) in [7, 11) is -3.26. The molecule has 3 rings (SSSR count). The van der Waals surface area contributed by atoms with Crippen LogP contribution in [0.25, 0.3) is 0 Å². The standard InChI is InChI=1S/C31H37ClN4O7S/c1-5-17-33-31(38)26(6-2)34(18-16-23-10-8-7-9-11-23)30(37)21-35(28-19-24(32)13-15-29(28)43-4)44(41,42)25-14-12-22(3)27(20-25)36(39)40/h7-15,19-20,26H,5-6,16-18,21H2,1-4H3,(H,33,38). The smallest absolute Gasteiger partial charge is 0.273 e. The Labute approximate surface area is 263 Å². The van der Waals surface area contributed by atoms with Crippen molar-refractivity contribution in [1.82, 2.24) is 10.2 Å². The minimum Gasteiger partial charge on any atom is -0.495 e. The van der Waals surface area contributed by atoms with E-state index in [1.54, 1.807) is 6.92 Å². The van der Waals surface area contributed by atoms with Crippen molar-refractivity contribution in [1.29, 1.82) is 0 Å². The van der Waals surface area contributed by atoms with Gasteiger partial charge in [0.25, 0.3) is 15.7 Å². The van der Waals surface area contributed by atoms with Crippen LogP contribution in [0, 0.1) is 17.0 Å². The van der Waals surface area contributed by atoms with Gasteiger partial charge in [0.2, 0.25) is 11.8 Å². The number of carbonyl (C=O) groups is 2. The van der Waals surface area contributed by atoms with Crippen LogP contribution in [0.1, 0.15) is 37.8 Å². The highest BCUT2D eigenvalue weighted by atomic mass is 35.5. The predicted octanol–water partition coefficient (Wildman–Crippen LogP) is 5.14. The molecular weight excluding hydrogens is 608 g/mol. The van der Waals surface area contributed by atoms with Crippen molar-refractivity contribution in [2.75, 3.05) is 31.0 Å². The highest BCUT2D eigenvalue weighted by Gasteiger charge is 2.35. The molecule has 3 aromatic rings. The SMILES string of the molecule is CCCNC(=O)C(CC)N(CCc1ccccc1)C(=O)CN(c1cc(Cl)ccc1OC)S(=O)(=O)c1ccc(C)c([N+](=O)[O-])c1. The molecule has 0 bridgehead atoms. The fourth-order valence-electron chi connectivity index (χ4n) is 4.71. The molecular formula is C31H37ClN4O7S. The van der Waals surface area contributed by atoms with E-state index in [0.29, 0.717) is 19.4 Å². The van der Waals surface area contributed by atoms with Crippen LogP contribution in [0.4, 0.5) is 11.4 Å². The van der Waals surface area contributed by atoms with Gasteiger partial charge in [-0.05, 0) is 56.0 Å². The van der Waals surface area contributed by atoms with E-state index in [1.165, 1.54) is 49.3 Å². The number of anilines is 1. The van der Waals surface area contributed by atoms with Crippen LogP contribution in [0.2, 0.25) is 5.02 Å². The monoisotopic (exact) mass is 644 g/mol. The number of rotatable bonds is 15. The maximum atomic E-state index is 14.2. The molecule has 3 aromatic carbocycles. The Morgan fingerprint density at radius 3 is 2.39 bits per heavy atom. The summed E-state index contributed by atoms with van der Waals surface area (Å²) in [6.45, 7) is 5.01. The number of ether oxygens (including phenoxy) is 1. The van der Waals surface area contributed by atoms with Gasteiger partial charge in [-0.1, -0.05) is 61.8 Å². The van der Waals surface area contributed by atoms with Crippen LogP contribution in [0.15, 0.2) is 71.6 Å². The molecule has 0 fully saturated rings. The van der Waals surface area contributed by atoms with E-state index in [4.69, 9.17) is 16.3 Å². The van der Waals surface area contributed by atoms with Crippen molar-refractivity contribution >= 4 is 44.8 Å². The van der Waals surface area contributed by atoms with E-state index in [1.807, 2.05) is 37.3 Å². The maximum absolute atomic E-state index is 14.2. The van der Waals surface area contributed by atoms with E-state index in [0.717, 1.165) is 15.9 Å². The number of nitrogens with zero attached hydrogens (tertiary/aromatic N) is 3. The average Bonchev–Trinajstić information content (AvgIpc) is 3.00. The number of carbonyl (C=O) groups excluding carboxylic acids is 2. The van der Waals surface area contributed by atoms with E-state index in [2.05, 4.69) is 5.32 Å². The van der Waals surface area contributed by atoms with Crippen molar-refractivity contribution in [3.05, 3.63) is 93.0 Å². The van der Waals surface area contributed by atoms with Crippen LogP contribution in [-0.4, -0.2) is 62.8 Å². The zero-order chi connectivity index (χ0) is 32.4. The number of methoxy groups -OCH3 is 1. The Morgan fingerprint density at radius 1 is 1.07 bits per heavy atom. The number of amides is 2. The molecule has 0 aliphatic carbocycles. The highest BCUT2D eigenvalue weighted by molar-refractivity contribution is 7.92. The first-order chi connectivity index (χ1) is 20.9. The third-order valence-corrected chi connectivity index (χ3v) is 9.06. The summed E-state index contributed by atoms with van der Waals surface area (Å²) in [6, 6.07) is 16.4. The van der Waals surface area contributed by atoms with Gasteiger partial charge in [-0.15, -0.1) is 0 Å². The topological polar surface area (TPSA) is 139 Å². The van der Waals surface area contributed by atoms with E-state index in [9.17, 15) is 28.1 Å². The number of hydrogen-bond acceptors (Lipinski definition) is 7. The third-order valence-electron chi connectivity index (χ3n) is 7.07. The second kappa shape index (κ2) is 15.5. The predicted molar refractivity (Wildman–Crippen MR) is 170 cm³/mol. The Morgan fingerprint density at radius 2 is 1.77 bits per heavy atom. The summed E-state index contributed by atoms with van der Waals surface area (Å²) < 4.78 is 34.7. The van der Waals surface area contributed by atoms with Crippen LogP contribution in [0.3, 0.4) is 0 Å². The molecule has 1 unspecified atom stereocenters. The van der Waals surface area contributed by atoms with Crippen molar-refractivity contribution in [3.8, 4) is 5.75 Å². The number of nitro groups is 1. The van der Waals surface area contributed by atoms with Crippen LogP contribution >= 0.6 is 11.6 Å². The molecule has 236 valence electrons. The molecule has 11 nitrogen and oxygen atoms in total. The zero-order valence-electron chi connectivity index (χ0n) is 25.2. The number of sulfonamides is 1. The zero-order valence-corrected chi connectivity index (χ0v) is 26.7. The summed E-state index contributed by atoms with van der Waals surface area (Å²) in [5.74, 6) is -0.887. The van der Waals surface area contributed by atoms with Crippen molar-refractivity contribution in [2.45, 2.75) is 51.0 Å². The Bertz CT molecular complexity index is 1590. The number of nitrogens with one attached hydrogen (secondary N) is 1. The molecule has 0 aliphatic rings. The molecule has 0 spiro atoms. The van der Waals surface area contributed by atoms with E-state index in [-0.39, 0.29) is 40.9 Å². The summed E-state index contributed by atoms with van der Waals surface area (Å²) in [6.07, 6.45) is 1.40. The molecule has 0 radical (unpaired) electrons. The molecule has 0 aliphatic heterocycles. The van der Waals surface area contributed by atoms with Crippen molar-refractivity contribution in [3.63, 3.8) is 0 Å². The lowest BCUT2D eigenvalue weighted by atomic mass is 10.1. The third kappa shape index (κ3) is 8.26. The van der Waals surface area contributed by atoms with Gasteiger partial charge in [0.15, 0.2) is 0 Å². The first-order valence-electron chi connectivity index (χ1n) is 14.2. The summed E-state index contributed by atoms with van der Waals surface area (Å²) in [5, 5.41) is 14.7. The number of halogens is 1. The molecule has 0 saturated heterocycles. The van der Waals surface area contributed by atoms with Crippen LogP contribution in [0.5, 0.6) is 5.75 Å². The van der Waals surface area contributed by atoms with E-state index < -0.39 is 44.0 Å². The van der Waals surface area contributed by atoms with Gasteiger partial charge in [0, 0.05) is 29.7 Å². The van der Waals surface area contributed by atoms with Crippen LogP contribution in [-0.2, 0) is 26.0 Å². The molecule has 44 heavy (non-hydrogen) atoms. The van der Waals surface area contributed by atoms with Crippen molar-refractivity contribution < 1.29 is 27.7 Å². The average molecular weight is 645 g/mol. The first-order valence-corrected chi connectivity index (χ1v) is 16.0. The van der Waals surface area contributed by atoms with Gasteiger partial charge >= 0.3 is 0 Å². The second-order valence-electron chi connectivity index (χ2n) is 10.1. The van der Waals surface area contributed by atoms with Gasteiger partial charge < -0.3 is 15.0 Å². The van der Waals surface area contributed by atoms with Gasteiger partial charge in [0.1, 0.15) is 18.3 Å². The minimum atomic E-state index is -4.60. The molecule has 1 N–H and O–H groups in total. The first kappa shape index (κ1) is 34.3. The molecule has 0 heterocycles. The molecule has 13 heteroatoms. The minimum absolute atomic E-state index is 0.0388. The Hall–Kier alpha value is -4.16. The Kier molecular flexibility index (Phi) is 12.1. The lowest BCUT2D eigenvalue weighted by Gasteiger charge is -2.33. The maximum Gasteiger partial charge on any atom is 0.273 e. The Balaban J connectivity index is 2.13. The van der Waals surface area contributed by atoms with Gasteiger partial charge in [-0.25, -0.2) is 8.42 Å². The molecule has 1 atom stereocenters. The molecule has 2 amide bonds. The highest BCUT2D eigenvalue weighted by Crippen LogP contribution is 2.36. The summed E-state index contributed by atoms with van der Waals surface area (Å²) in [4.78, 5) is 39.3. The summed E-state index contributed by atoms with van der Waals surface area (Å²) in [5.41, 5.74) is 0.775. The van der Waals surface area contributed by atoms with Crippen molar-refractivity contribution in [2.24, 2.45) is 0 Å². The number of hydrogen-bond donors (Lipinski definition) is 1. The number of aryl methyl sites for hydroxylation is 1. The lowest BCUT2D eigenvalue weighted by molar-refractivity contribution is -0.385. The fourth-order valence-corrected chi connectivity index (χ4v) is 6.31. The molecule has 0 aromatic heterocycles. The largest absolute Gasteiger partial charge is 0.495 e. The fraction of sp³-hybridized carbons (Fsp3) is 0.355. The normalized spacial score (nSPS) is 11.8. The quantitative estimate of drug-likeness (QED) is 0.179. The van der Waals surface area contributed by atoms with Gasteiger partial charge in [0.05, 0.1) is 22.6 Å². The summed E-state index contributed by atoms with van der Waals surface area (Å²) >= 11 is 6.27.